The highest BCUT2D eigenvalue weighted by molar-refractivity contribution is 7.75. The van der Waals surface area contributed by atoms with Gasteiger partial charge < -0.3 is 9.29 Å². The number of benzene rings is 1. The number of hydrogen-bond acceptors (Lipinski definition) is 4. The van der Waals surface area contributed by atoms with Crippen LogP contribution in [0.5, 0.6) is 5.75 Å². The standard InChI is InChI=1S/C9H8O3S/c10-8-4-2-1-3-7(8)5-6-9(11)12-13/h1-6,10,13H/b6-5+. The minimum absolute atomic E-state index is 0.116. The van der Waals surface area contributed by atoms with Crippen LogP contribution in [-0.2, 0) is 8.98 Å². The van der Waals surface area contributed by atoms with Crippen molar-refractivity contribution in [3.05, 3.63) is 35.9 Å². The Balaban J connectivity index is 2.80. The van der Waals surface area contributed by atoms with Crippen LogP contribution >= 0.6 is 12.9 Å². The van der Waals surface area contributed by atoms with Gasteiger partial charge in [0, 0.05) is 24.5 Å². The van der Waals surface area contributed by atoms with E-state index in [0.717, 1.165) is 0 Å². The van der Waals surface area contributed by atoms with E-state index in [2.05, 4.69) is 17.1 Å². The molecule has 0 fully saturated rings. The van der Waals surface area contributed by atoms with E-state index in [1.807, 2.05) is 0 Å². The topological polar surface area (TPSA) is 46.5 Å². The lowest BCUT2D eigenvalue weighted by Gasteiger charge is -1.95. The minimum Gasteiger partial charge on any atom is -0.507 e. The van der Waals surface area contributed by atoms with Gasteiger partial charge in [-0.05, 0) is 12.1 Å². The Hall–Kier alpha value is -1.42. The lowest BCUT2D eigenvalue weighted by molar-refractivity contribution is -0.127. The molecule has 0 spiro atoms. The summed E-state index contributed by atoms with van der Waals surface area (Å²) in [6, 6.07) is 6.67. The minimum atomic E-state index is -0.577. The second-order valence-corrected chi connectivity index (χ2v) is 2.49. The Kier molecular flexibility index (Phi) is 3.40. The van der Waals surface area contributed by atoms with E-state index in [4.69, 9.17) is 0 Å². The first-order valence-corrected chi connectivity index (χ1v) is 3.92. The van der Waals surface area contributed by atoms with Crippen molar-refractivity contribution in [3.63, 3.8) is 0 Å². The van der Waals surface area contributed by atoms with Crippen molar-refractivity contribution in [2.75, 3.05) is 0 Å². The van der Waals surface area contributed by atoms with Gasteiger partial charge >= 0.3 is 5.97 Å². The van der Waals surface area contributed by atoms with E-state index in [0.29, 0.717) is 5.56 Å². The monoisotopic (exact) mass is 196 g/mol. The normalized spacial score (nSPS) is 10.2. The molecule has 68 valence electrons. The third-order valence-corrected chi connectivity index (χ3v) is 1.61. The number of para-hydroxylation sites is 1. The molecule has 0 aliphatic heterocycles. The van der Waals surface area contributed by atoms with Gasteiger partial charge in [0.1, 0.15) is 5.75 Å². The zero-order chi connectivity index (χ0) is 9.68. The molecular weight excluding hydrogens is 188 g/mol. The molecule has 1 N–H and O–H groups in total. The zero-order valence-electron chi connectivity index (χ0n) is 6.68. The number of carbonyl (C=O) groups is 1. The summed E-state index contributed by atoms with van der Waals surface area (Å²) in [4.78, 5) is 10.6. The van der Waals surface area contributed by atoms with Crippen molar-refractivity contribution >= 4 is 25.0 Å². The summed E-state index contributed by atoms with van der Waals surface area (Å²) < 4.78 is 4.10. The lowest BCUT2D eigenvalue weighted by Crippen LogP contribution is -1.88. The molecule has 1 aromatic carbocycles. The maximum atomic E-state index is 10.6. The predicted octanol–water partition coefficient (Wildman–Crippen LogP) is 1.79. The van der Waals surface area contributed by atoms with Crippen LogP contribution in [0.3, 0.4) is 0 Å². The molecule has 0 unspecified atom stereocenters. The molecule has 0 aromatic heterocycles. The quantitative estimate of drug-likeness (QED) is 0.430. The second kappa shape index (κ2) is 4.57. The van der Waals surface area contributed by atoms with Gasteiger partial charge in [0.15, 0.2) is 0 Å². The summed E-state index contributed by atoms with van der Waals surface area (Å²) >= 11 is 3.32. The van der Waals surface area contributed by atoms with Crippen molar-refractivity contribution in [1.82, 2.24) is 0 Å². The number of carbonyl (C=O) groups excluding carboxylic acids is 1. The smallest absolute Gasteiger partial charge is 0.342 e. The van der Waals surface area contributed by atoms with E-state index in [9.17, 15) is 9.90 Å². The highest BCUT2D eigenvalue weighted by atomic mass is 32.1. The summed E-state index contributed by atoms with van der Waals surface area (Å²) in [5.41, 5.74) is 0.557. The molecule has 0 aliphatic carbocycles. The first-order valence-electron chi connectivity index (χ1n) is 3.55. The summed E-state index contributed by atoms with van der Waals surface area (Å²) in [5.74, 6) is -0.461. The molecule has 1 aromatic rings. The first kappa shape index (κ1) is 9.67. The van der Waals surface area contributed by atoms with E-state index < -0.39 is 5.97 Å². The molecule has 13 heavy (non-hydrogen) atoms. The molecular formula is C9H8O3S. The zero-order valence-corrected chi connectivity index (χ0v) is 7.57. The molecule has 0 saturated heterocycles. The van der Waals surface area contributed by atoms with Crippen LogP contribution in [0, 0.1) is 0 Å². The van der Waals surface area contributed by atoms with Crippen molar-refractivity contribution in [3.8, 4) is 5.75 Å². The van der Waals surface area contributed by atoms with Crippen molar-refractivity contribution < 1.29 is 14.1 Å². The fourth-order valence-corrected chi connectivity index (χ4v) is 0.878. The highest BCUT2D eigenvalue weighted by Crippen LogP contribution is 2.16. The average molecular weight is 196 g/mol. The van der Waals surface area contributed by atoms with Crippen molar-refractivity contribution in [2.24, 2.45) is 0 Å². The Morgan fingerprint density at radius 2 is 2.15 bits per heavy atom. The Morgan fingerprint density at radius 1 is 1.46 bits per heavy atom. The largest absolute Gasteiger partial charge is 0.507 e. The van der Waals surface area contributed by atoms with Crippen molar-refractivity contribution in [2.45, 2.75) is 0 Å². The highest BCUT2D eigenvalue weighted by Gasteiger charge is 1.96. The molecule has 3 nitrogen and oxygen atoms in total. The first-order chi connectivity index (χ1) is 6.24. The molecule has 4 heteroatoms. The Bertz CT molecular complexity index is 333. The van der Waals surface area contributed by atoms with E-state index in [1.54, 1.807) is 18.2 Å². The van der Waals surface area contributed by atoms with Crippen LogP contribution in [0.2, 0.25) is 0 Å². The van der Waals surface area contributed by atoms with Gasteiger partial charge in [0.05, 0.1) is 0 Å². The van der Waals surface area contributed by atoms with Crippen molar-refractivity contribution in [1.29, 1.82) is 0 Å². The number of rotatable bonds is 2. The summed E-state index contributed by atoms with van der Waals surface area (Å²) in [6.45, 7) is 0. The molecule has 0 aliphatic rings. The molecule has 0 heterocycles. The second-order valence-electron chi connectivity index (χ2n) is 2.30. The number of thiol groups is 1. The predicted molar refractivity (Wildman–Crippen MR) is 52.2 cm³/mol. The maximum Gasteiger partial charge on any atom is 0.342 e. The van der Waals surface area contributed by atoms with Crippen LogP contribution in [-0.4, -0.2) is 11.1 Å². The third-order valence-electron chi connectivity index (χ3n) is 1.43. The number of hydrogen-bond donors (Lipinski definition) is 2. The van der Waals surface area contributed by atoms with Crippen LogP contribution in [0.4, 0.5) is 0 Å². The Labute approximate surface area is 81.3 Å². The SMILES string of the molecule is O=C(/C=C/c1ccccc1O)OS. The molecule has 0 radical (unpaired) electrons. The van der Waals surface area contributed by atoms with Gasteiger partial charge in [0.25, 0.3) is 0 Å². The van der Waals surface area contributed by atoms with E-state index >= 15 is 0 Å². The Morgan fingerprint density at radius 3 is 2.77 bits per heavy atom. The van der Waals surface area contributed by atoms with E-state index in [-0.39, 0.29) is 5.75 Å². The van der Waals surface area contributed by atoms with Crippen LogP contribution in [0.1, 0.15) is 5.56 Å². The van der Waals surface area contributed by atoms with Gasteiger partial charge in [-0.2, -0.15) is 0 Å². The fraction of sp³-hybridized carbons (Fsp3) is 0. The summed E-state index contributed by atoms with van der Waals surface area (Å²) in [5, 5.41) is 9.27. The molecule has 1 rings (SSSR count). The van der Waals surface area contributed by atoms with E-state index in [1.165, 1.54) is 18.2 Å². The number of aromatic hydroxyl groups is 1. The van der Waals surface area contributed by atoms with Gasteiger partial charge in [-0.25, -0.2) is 4.79 Å². The average Bonchev–Trinajstić information content (AvgIpc) is 2.16. The van der Waals surface area contributed by atoms with Gasteiger partial charge in [0.2, 0.25) is 0 Å². The number of phenolic OH excluding ortho intramolecular Hbond substituents is 1. The summed E-state index contributed by atoms with van der Waals surface area (Å²) in [7, 11) is 0. The van der Waals surface area contributed by atoms with Gasteiger partial charge in [-0.1, -0.05) is 18.2 Å². The van der Waals surface area contributed by atoms with Crippen LogP contribution in [0.15, 0.2) is 30.3 Å². The van der Waals surface area contributed by atoms with Crippen LogP contribution < -0.4 is 0 Å². The number of phenols is 1. The fourth-order valence-electron chi connectivity index (χ4n) is 0.817. The third kappa shape index (κ3) is 2.83. The summed E-state index contributed by atoms with van der Waals surface area (Å²) in [6.07, 6.45) is 2.63. The maximum absolute atomic E-state index is 10.6. The molecule has 0 saturated carbocycles. The molecule has 0 atom stereocenters. The molecule has 0 amide bonds. The van der Waals surface area contributed by atoms with Gasteiger partial charge in [-0.3, -0.25) is 0 Å². The molecule has 0 bridgehead atoms. The lowest BCUT2D eigenvalue weighted by atomic mass is 10.2. The van der Waals surface area contributed by atoms with Crippen LogP contribution in [0.25, 0.3) is 6.08 Å². The van der Waals surface area contributed by atoms with Gasteiger partial charge in [-0.15, -0.1) is 0 Å².